The topological polar surface area (TPSA) is 64.8 Å². The van der Waals surface area contributed by atoms with Gasteiger partial charge in [0.05, 0.1) is 21.5 Å². The molecule has 9 heteroatoms. The van der Waals surface area contributed by atoms with E-state index in [9.17, 15) is 21.6 Å². The Balaban J connectivity index is 1.74. The SMILES string of the molecule is CC(C)(C)c1nc2cc(S(=O)(=O)c3ccc(C(F)(F)F)cn3)ccc2n1CC1CCCCC1. The van der Waals surface area contributed by atoms with Gasteiger partial charge in [-0.3, -0.25) is 0 Å². The third-order valence-electron chi connectivity index (χ3n) is 6.21. The first kappa shape index (κ1) is 23.7. The smallest absolute Gasteiger partial charge is 0.327 e. The van der Waals surface area contributed by atoms with Crippen LogP contribution in [0.1, 0.15) is 64.3 Å². The fourth-order valence-electron chi connectivity index (χ4n) is 4.49. The van der Waals surface area contributed by atoms with Crippen LogP contribution in [0.4, 0.5) is 13.2 Å². The largest absolute Gasteiger partial charge is 0.417 e. The highest BCUT2D eigenvalue weighted by atomic mass is 32.2. The molecule has 0 unspecified atom stereocenters. The van der Waals surface area contributed by atoms with Crippen LogP contribution in [0.5, 0.6) is 0 Å². The highest BCUT2D eigenvalue weighted by molar-refractivity contribution is 7.91. The number of rotatable bonds is 4. The fourth-order valence-corrected chi connectivity index (χ4v) is 5.68. The van der Waals surface area contributed by atoms with Crippen molar-refractivity contribution < 1.29 is 21.6 Å². The van der Waals surface area contributed by atoms with Gasteiger partial charge in [-0.25, -0.2) is 18.4 Å². The Labute approximate surface area is 192 Å². The number of benzene rings is 1. The van der Waals surface area contributed by atoms with Crippen molar-refractivity contribution in [2.75, 3.05) is 0 Å². The lowest BCUT2D eigenvalue weighted by atomic mass is 9.88. The van der Waals surface area contributed by atoms with Crippen molar-refractivity contribution in [1.29, 1.82) is 0 Å². The lowest BCUT2D eigenvalue weighted by Crippen LogP contribution is -2.22. The number of pyridine rings is 1. The van der Waals surface area contributed by atoms with Gasteiger partial charge in [0.2, 0.25) is 9.84 Å². The molecule has 4 rings (SSSR count). The summed E-state index contributed by atoms with van der Waals surface area (Å²) in [5.41, 5.74) is 0.198. The van der Waals surface area contributed by atoms with Crippen molar-refractivity contribution >= 4 is 20.9 Å². The lowest BCUT2D eigenvalue weighted by molar-refractivity contribution is -0.137. The first-order chi connectivity index (χ1) is 15.4. The van der Waals surface area contributed by atoms with Gasteiger partial charge in [-0.1, -0.05) is 40.0 Å². The number of aromatic nitrogens is 3. The van der Waals surface area contributed by atoms with E-state index in [1.165, 1.54) is 44.2 Å². The van der Waals surface area contributed by atoms with E-state index in [4.69, 9.17) is 4.98 Å². The van der Waals surface area contributed by atoms with Crippen LogP contribution in [0.3, 0.4) is 0 Å². The normalized spacial score (nSPS) is 16.4. The minimum atomic E-state index is -4.58. The van der Waals surface area contributed by atoms with Crippen LogP contribution in [-0.4, -0.2) is 23.0 Å². The summed E-state index contributed by atoms with van der Waals surface area (Å²) in [6.07, 6.45) is 2.04. The number of sulfone groups is 1. The summed E-state index contributed by atoms with van der Waals surface area (Å²) in [4.78, 5) is 8.34. The van der Waals surface area contributed by atoms with Crippen molar-refractivity contribution in [3.05, 3.63) is 47.9 Å². The molecule has 5 nitrogen and oxygen atoms in total. The molecule has 0 amide bonds. The van der Waals surface area contributed by atoms with Crippen molar-refractivity contribution in [3.63, 3.8) is 0 Å². The molecule has 0 spiro atoms. The van der Waals surface area contributed by atoms with Gasteiger partial charge in [0.1, 0.15) is 5.82 Å². The zero-order chi connectivity index (χ0) is 24.0. The van der Waals surface area contributed by atoms with Gasteiger partial charge in [-0.05, 0) is 49.1 Å². The number of hydrogen-bond acceptors (Lipinski definition) is 4. The number of fused-ring (bicyclic) bond motifs is 1. The number of nitrogens with zero attached hydrogens (tertiary/aromatic N) is 3. The van der Waals surface area contributed by atoms with Crippen molar-refractivity contribution in [2.45, 2.75) is 80.9 Å². The van der Waals surface area contributed by atoms with Gasteiger partial charge < -0.3 is 4.57 Å². The van der Waals surface area contributed by atoms with Crippen LogP contribution in [0.15, 0.2) is 46.5 Å². The predicted octanol–water partition coefficient (Wildman–Crippen LogP) is 6.16. The number of halogens is 3. The van der Waals surface area contributed by atoms with Crippen LogP contribution in [0.2, 0.25) is 0 Å². The second kappa shape index (κ2) is 8.42. The second-order valence-electron chi connectivity index (χ2n) is 9.84. The van der Waals surface area contributed by atoms with E-state index < -0.39 is 26.6 Å². The van der Waals surface area contributed by atoms with E-state index in [0.717, 1.165) is 30.0 Å². The summed E-state index contributed by atoms with van der Waals surface area (Å²) in [7, 11) is -4.09. The van der Waals surface area contributed by atoms with Gasteiger partial charge >= 0.3 is 6.18 Å². The lowest BCUT2D eigenvalue weighted by Gasteiger charge is -2.26. The van der Waals surface area contributed by atoms with Crippen molar-refractivity contribution in [1.82, 2.24) is 14.5 Å². The molecular formula is C24H28F3N3O2S. The van der Waals surface area contributed by atoms with Crippen LogP contribution in [0, 0.1) is 5.92 Å². The van der Waals surface area contributed by atoms with Crippen molar-refractivity contribution in [2.24, 2.45) is 5.92 Å². The molecule has 1 aliphatic carbocycles. The molecule has 2 heterocycles. The predicted molar refractivity (Wildman–Crippen MR) is 120 cm³/mol. The van der Waals surface area contributed by atoms with Gasteiger partial charge in [0, 0.05) is 18.2 Å². The molecule has 0 atom stereocenters. The quantitative estimate of drug-likeness (QED) is 0.450. The maximum absolute atomic E-state index is 13.1. The zero-order valence-corrected chi connectivity index (χ0v) is 19.8. The van der Waals surface area contributed by atoms with Crippen LogP contribution in [-0.2, 0) is 28.0 Å². The van der Waals surface area contributed by atoms with E-state index in [-0.39, 0.29) is 10.3 Å². The van der Waals surface area contributed by atoms with Crippen LogP contribution in [0.25, 0.3) is 11.0 Å². The molecule has 0 bridgehead atoms. The number of hydrogen-bond donors (Lipinski definition) is 0. The average molecular weight is 480 g/mol. The molecule has 0 aliphatic heterocycles. The molecule has 3 aromatic rings. The van der Waals surface area contributed by atoms with Gasteiger partial charge in [0.25, 0.3) is 0 Å². The number of alkyl halides is 3. The molecule has 1 aliphatic rings. The first-order valence-corrected chi connectivity index (χ1v) is 12.6. The molecule has 178 valence electrons. The Hall–Kier alpha value is -2.42. The zero-order valence-electron chi connectivity index (χ0n) is 19.0. The molecular weight excluding hydrogens is 451 g/mol. The van der Waals surface area contributed by atoms with Gasteiger partial charge in [-0.15, -0.1) is 0 Å². The Bertz CT molecular complexity index is 1250. The van der Waals surface area contributed by atoms with E-state index >= 15 is 0 Å². The average Bonchev–Trinajstić information content (AvgIpc) is 3.12. The molecule has 1 saturated carbocycles. The Morgan fingerprint density at radius 3 is 2.30 bits per heavy atom. The Kier molecular flexibility index (Phi) is 6.05. The fraction of sp³-hybridized carbons (Fsp3) is 0.500. The minimum absolute atomic E-state index is 0.0370. The summed E-state index contributed by atoms with van der Waals surface area (Å²) in [5, 5.41) is -0.424. The molecule has 1 aromatic carbocycles. The highest BCUT2D eigenvalue weighted by Crippen LogP contribution is 2.33. The maximum Gasteiger partial charge on any atom is 0.417 e. The standard InChI is InChI=1S/C24H28F3N3O2S/c1-23(2,3)22-29-19-13-18(10-11-20(19)30(22)15-16-7-5-4-6-8-16)33(31,32)21-12-9-17(14-28-21)24(25,26)27/h9-14,16H,4-8,15H2,1-3H3. The van der Waals surface area contributed by atoms with Crippen LogP contribution < -0.4 is 0 Å². The van der Waals surface area contributed by atoms with Crippen molar-refractivity contribution in [3.8, 4) is 0 Å². The minimum Gasteiger partial charge on any atom is -0.327 e. The first-order valence-electron chi connectivity index (χ1n) is 11.2. The van der Waals surface area contributed by atoms with E-state index in [0.29, 0.717) is 17.6 Å². The van der Waals surface area contributed by atoms with Crippen LogP contribution >= 0.6 is 0 Å². The molecule has 0 radical (unpaired) electrons. The highest BCUT2D eigenvalue weighted by Gasteiger charge is 2.32. The molecule has 33 heavy (non-hydrogen) atoms. The second-order valence-corrected chi connectivity index (χ2v) is 11.7. The Morgan fingerprint density at radius 1 is 1.03 bits per heavy atom. The molecule has 2 aromatic heterocycles. The van der Waals surface area contributed by atoms with Gasteiger partial charge in [-0.2, -0.15) is 13.2 Å². The summed E-state index contributed by atoms with van der Waals surface area (Å²) in [6.45, 7) is 7.08. The van der Waals surface area contributed by atoms with Gasteiger partial charge in [0.15, 0.2) is 5.03 Å². The third kappa shape index (κ3) is 4.78. The van der Waals surface area contributed by atoms with E-state index in [1.807, 2.05) is 0 Å². The summed E-state index contributed by atoms with van der Waals surface area (Å²) in [6, 6.07) is 6.36. The van der Waals surface area contributed by atoms with E-state index in [1.54, 1.807) is 6.07 Å². The third-order valence-corrected chi connectivity index (χ3v) is 7.87. The monoisotopic (exact) mass is 479 g/mol. The summed E-state index contributed by atoms with van der Waals surface area (Å²) >= 11 is 0. The summed E-state index contributed by atoms with van der Waals surface area (Å²) < 4.78 is 66.8. The maximum atomic E-state index is 13.1. The Morgan fingerprint density at radius 2 is 1.73 bits per heavy atom. The summed E-state index contributed by atoms with van der Waals surface area (Å²) in [5.74, 6) is 1.46. The number of imidazole rings is 1. The molecule has 0 saturated heterocycles. The molecule has 1 fully saturated rings. The van der Waals surface area contributed by atoms with E-state index in [2.05, 4.69) is 30.3 Å². The molecule has 0 N–H and O–H groups in total.